The maximum atomic E-state index is 5.68. The second-order valence-corrected chi connectivity index (χ2v) is 4.61. The number of benzene rings is 2. The van der Waals surface area contributed by atoms with Crippen molar-refractivity contribution in [2.45, 2.75) is 6.61 Å². The predicted molar refractivity (Wildman–Crippen MR) is 82.7 cm³/mol. The van der Waals surface area contributed by atoms with Crippen LogP contribution in [0.3, 0.4) is 0 Å². The molecule has 1 aromatic heterocycles. The second-order valence-electron chi connectivity index (χ2n) is 4.61. The Bertz CT molecular complexity index is 712. The van der Waals surface area contributed by atoms with E-state index in [2.05, 4.69) is 28.4 Å². The summed E-state index contributed by atoms with van der Waals surface area (Å²) in [7, 11) is 0. The monoisotopic (exact) mass is 277 g/mol. The van der Waals surface area contributed by atoms with Gasteiger partial charge in [0, 0.05) is 6.07 Å². The number of nitrogens with two attached hydrogens (primary N) is 1. The van der Waals surface area contributed by atoms with E-state index >= 15 is 0 Å². The largest absolute Gasteiger partial charge is 0.472 e. The number of rotatable bonds is 4. The summed E-state index contributed by atoms with van der Waals surface area (Å²) in [6, 6.07) is 21.8. The summed E-state index contributed by atoms with van der Waals surface area (Å²) in [5.74, 6) is 0.846. The summed E-state index contributed by atoms with van der Waals surface area (Å²) in [6.07, 6.45) is 0. The molecule has 0 aliphatic carbocycles. The molecule has 4 nitrogen and oxygen atoms in total. The molecule has 4 heteroatoms. The summed E-state index contributed by atoms with van der Waals surface area (Å²) in [5, 5.41) is 7.67. The zero-order chi connectivity index (χ0) is 14.5. The van der Waals surface area contributed by atoms with E-state index in [0.29, 0.717) is 18.3 Å². The van der Waals surface area contributed by atoms with Crippen LogP contribution in [0, 0.1) is 0 Å². The van der Waals surface area contributed by atoms with Gasteiger partial charge in [-0.3, -0.25) is 0 Å². The zero-order valence-electron chi connectivity index (χ0n) is 11.4. The van der Waals surface area contributed by atoms with Crippen molar-refractivity contribution in [2.24, 2.45) is 0 Å². The van der Waals surface area contributed by atoms with Gasteiger partial charge < -0.3 is 10.5 Å². The highest BCUT2D eigenvalue weighted by Crippen LogP contribution is 2.24. The molecule has 2 N–H and O–H groups in total. The Morgan fingerprint density at radius 1 is 0.810 bits per heavy atom. The van der Waals surface area contributed by atoms with Crippen LogP contribution in [0.2, 0.25) is 0 Å². The van der Waals surface area contributed by atoms with E-state index in [0.717, 1.165) is 11.1 Å². The fourth-order valence-electron chi connectivity index (χ4n) is 2.10. The van der Waals surface area contributed by atoms with Gasteiger partial charge in [0.25, 0.3) is 0 Å². The van der Waals surface area contributed by atoms with Crippen molar-refractivity contribution in [1.29, 1.82) is 0 Å². The molecule has 0 saturated heterocycles. The van der Waals surface area contributed by atoms with E-state index in [9.17, 15) is 0 Å². The lowest BCUT2D eigenvalue weighted by atomic mass is 10.0. The van der Waals surface area contributed by atoms with E-state index < -0.39 is 0 Å². The fourth-order valence-corrected chi connectivity index (χ4v) is 2.10. The highest BCUT2D eigenvalue weighted by molar-refractivity contribution is 5.67. The molecular weight excluding hydrogens is 262 g/mol. The van der Waals surface area contributed by atoms with Crippen molar-refractivity contribution >= 4 is 5.82 Å². The van der Waals surface area contributed by atoms with Crippen LogP contribution in [0.1, 0.15) is 5.56 Å². The molecule has 0 radical (unpaired) electrons. The van der Waals surface area contributed by atoms with Crippen molar-refractivity contribution in [3.63, 3.8) is 0 Å². The Morgan fingerprint density at radius 3 is 2.33 bits per heavy atom. The Labute approximate surface area is 123 Å². The van der Waals surface area contributed by atoms with Crippen molar-refractivity contribution < 1.29 is 4.74 Å². The molecule has 21 heavy (non-hydrogen) atoms. The van der Waals surface area contributed by atoms with Crippen LogP contribution in [0.25, 0.3) is 11.1 Å². The predicted octanol–water partition coefficient (Wildman–Crippen LogP) is 3.30. The minimum atomic E-state index is 0.382. The number of aromatic nitrogens is 2. The Hall–Kier alpha value is -2.88. The van der Waals surface area contributed by atoms with Crippen LogP contribution in [0.5, 0.6) is 5.88 Å². The van der Waals surface area contributed by atoms with E-state index in [-0.39, 0.29) is 0 Å². The van der Waals surface area contributed by atoms with E-state index in [1.807, 2.05) is 36.4 Å². The molecule has 0 atom stereocenters. The van der Waals surface area contributed by atoms with E-state index in [4.69, 9.17) is 10.5 Å². The lowest BCUT2D eigenvalue weighted by Crippen LogP contribution is -2.01. The Balaban J connectivity index is 1.81. The SMILES string of the molecule is Nc1ccc(OCc2ccccc2-c2ccccc2)nn1. The zero-order valence-corrected chi connectivity index (χ0v) is 11.4. The lowest BCUT2D eigenvalue weighted by Gasteiger charge is -2.10. The van der Waals surface area contributed by atoms with Gasteiger partial charge in [0.05, 0.1) is 0 Å². The number of nitrogens with zero attached hydrogens (tertiary/aromatic N) is 2. The number of ether oxygens (including phenoxy) is 1. The van der Waals surface area contributed by atoms with Crippen molar-refractivity contribution in [1.82, 2.24) is 10.2 Å². The molecule has 0 spiro atoms. The van der Waals surface area contributed by atoms with Crippen LogP contribution < -0.4 is 10.5 Å². The minimum Gasteiger partial charge on any atom is -0.472 e. The van der Waals surface area contributed by atoms with E-state index in [1.165, 1.54) is 5.56 Å². The van der Waals surface area contributed by atoms with Crippen LogP contribution in [-0.2, 0) is 6.61 Å². The summed E-state index contributed by atoms with van der Waals surface area (Å²) in [4.78, 5) is 0. The normalized spacial score (nSPS) is 10.3. The second kappa shape index (κ2) is 6.05. The third-order valence-electron chi connectivity index (χ3n) is 3.14. The number of anilines is 1. The van der Waals surface area contributed by atoms with Crippen LogP contribution in [-0.4, -0.2) is 10.2 Å². The summed E-state index contributed by atoms with van der Waals surface area (Å²) in [5.41, 5.74) is 8.93. The molecule has 0 bridgehead atoms. The molecule has 0 fully saturated rings. The highest BCUT2D eigenvalue weighted by Gasteiger charge is 2.05. The van der Waals surface area contributed by atoms with Crippen LogP contribution in [0.15, 0.2) is 66.7 Å². The summed E-state index contributed by atoms with van der Waals surface area (Å²) < 4.78 is 5.68. The smallest absolute Gasteiger partial charge is 0.233 e. The molecule has 3 rings (SSSR count). The van der Waals surface area contributed by atoms with Gasteiger partial charge in [0.2, 0.25) is 5.88 Å². The van der Waals surface area contributed by atoms with Crippen molar-refractivity contribution in [3.05, 3.63) is 72.3 Å². The molecule has 0 aliphatic rings. The highest BCUT2D eigenvalue weighted by atomic mass is 16.5. The van der Waals surface area contributed by atoms with Gasteiger partial charge in [0.15, 0.2) is 0 Å². The molecule has 3 aromatic rings. The molecule has 0 unspecified atom stereocenters. The van der Waals surface area contributed by atoms with Gasteiger partial charge in [-0.25, -0.2) is 0 Å². The van der Waals surface area contributed by atoms with Gasteiger partial charge in [-0.15, -0.1) is 10.2 Å². The standard InChI is InChI=1S/C17H15N3O/c18-16-10-11-17(20-19-16)21-12-14-8-4-5-9-15(14)13-6-2-1-3-7-13/h1-11H,12H2,(H2,18,19). The molecule has 0 amide bonds. The number of hydrogen-bond donors (Lipinski definition) is 1. The first-order valence-corrected chi connectivity index (χ1v) is 6.68. The average Bonchev–Trinajstić information content (AvgIpc) is 2.55. The van der Waals surface area contributed by atoms with Crippen LogP contribution in [0.4, 0.5) is 5.82 Å². The first-order valence-electron chi connectivity index (χ1n) is 6.68. The topological polar surface area (TPSA) is 61.0 Å². The van der Waals surface area contributed by atoms with Crippen molar-refractivity contribution in [3.8, 4) is 17.0 Å². The van der Waals surface area contributed by atoms with Gasteiger partial charge in [0.1, 0.15) is 12.4 Å². The minimum absolute atomic E-state index is 0.382. The first kappa shape index (κ1) is 13.1. The molecule has 0 aliphatic heterocycles. The van der Waals surface area contributed by atoms with Crippen LogP contribution >= 0.6 is 0 Å². The van der Waals surface area contributed by atoms with Gasteiger partial charge in [-0.2, -0.15) is 0 Å². The van der Waals surface area contributed by atoms with Gasteiger partial charge in [-0.1, -0.05) is 54.6 Å². The maximum Gasteiger partial charge on any atom is 0.233 e. The third-order valence-corrected chi connectivity index (χ3v) is 3.14. The Morgan fingerprint density at radius 2 is 1.57 bits per heavy atom. The molecule has 1 heterocycles. The molecular formula is C17H15N3O. The fraction of sp³-hybridized carbons (Fsp3) is 0.0588. The quantitative estimate of drug-likeness (QED) is 0.794. The number of hydrogen-bond acceptors (Lipinski definition) is 4. The molecule has 0 saturated carbocycles. The Kier molecular flexibility index (Phi) is 3.78. The first-order chi connectivity index (χ1) is 10.3. The van der Waals surface area contributed by atoms with Gasteiger partial charge >= 0.3 is 0 Å². The van der Waals surface area contributed by atoms with Crippen molar-refractivity contribution in [2.75, 3.05) is 5.73 Å². The third kappa shape index (κ3) is 3.17. The maximum absolute atomic E-state index is 5.68. The summed E-state index contributed by atoms with van der Waals surface area (Å²) >= 11 is 0. The molecule has 2 aromatic carbocycles. The lowest BCUT2D eigenvalue weighted by molar-refractivity contribution is 0.291. The number of nitrogen functional groups attached to an aromatic ring is 1. The van der Waals surface area contributed by atoms with Gasteiger partial charge in [-0.05, 0) is 22.8 Å². The van der Waals surface area contributed by atoms with E-state index in [1.54, 1.807) is 12.1 Å². The average molecular weight is 277 g/mol. The summed E-state index contributed by atoms with van der Waals surface area (Å²) in [6.45, 7) is 0.434. The molecule has 104 valence electrons.